The Kier molecular flexibility index (Phi) is 17.1. The van der Waals surface area contributed by atoms with Crippen molar-refractivity contribution in [1.82, 2.24) is 0 Å². The molecule has 72 valence electrons. The van der Waals surface area contributed by atoms with Gasteiger partial charge in [-0.25, -0.2) is 0 Å². The fourth-order valence-electron chi connectivity index (χ4n) is 0. The molecular weight excluding hydrogens is 300 g/mol. The van der Waals surface area contributed by atoms with Crippen molar-refractivity contribution >= 4 is 15.6 Å². The normalized spacial score (nSPS) is 9.83. The smallest absolute Gasteiger partial charge is 0.822 e. The molecule has 12 heteroatoms. The first-order valence-electron chi connectivity index (χ1n) is 1.46. The molecule has 0 aliphatic heterocycles. The standard InChI is InChI=1S/2Mn.2H3O4P/c;;2*1-5(2,3)4/h;;2*(H3,1,2,3,4)/q2*+3;;/p-6. The van der Waals surface area contributed by atoms with E-state index in [1.165, 1.54) is 0 Å². The van der Waals surface area contributed by atoms with E-state index in [-0.39, 0.29) is 34.1 Å². The molecule has 0 aliphatic rings. The molecule has 0 aromatic carbocycles. The van der Waals surface area contributed by atoms with Crippen LogP contribution in [0.1, 0.15) is 0 Å². The molecular formula is Mn2O8P2. The first kappa shape index (κ1) is 23.2. The van der Waals surface area contributed by atoms with Gasteiger partial charge in [0.25, 0.3) is 0 Å². The van der Waals surface area contributed by atoms with Gasteiger partial charge in [0.1, 0.15) is 0 Å². The van der Waals surface area contributed by atoms with Crippen molar-refractivity contribution in [2.75, 3.05) is 0 Å². The fraction of sp³-hybridized carbons (Fsp3) is 0. The third-order valence-electron chi connectivity index (χ3n) is 0. The maximum Gasteiger partial charge on any atom is 3.00 e. The first-order chi connectivity index (χ1) is 4.00. The second kappa shape index (κ2) is 8.84. The summed E-state index contributed by atoms with van der Waals surface area (Å²) in [5.41, 5.74) is 0. The minimum Gasteiger partial charge on any atom is -0.822 e. The third kappa shape index (κ3) is 748. The van der Waals surface area contributed by atoms with Crippen LogP contribution in [0.5, 0.6) is 0 Å². The van der Waals surface area contributed by atoms with Crippen molar-refractivity contribution in [1.29, 1.82) is 0 Å². The Morgan fingerprint density at radius 3 is 0.583 bits per heavy atom. The quantitative estimate of drug-likeness (QED) is 0.314. The third-order valence-corrected chi connectivity index (χ3v) is 0. The molecule has 0 fully saturated rings. The molecule has 0 N–H and O–H groups in total. The molecule has 0 atom stereocenters. The summed E-state index contributed by atoms with van der Waals surface area (Å²) in [6.45, 7) is 0. The summed E-state index contributed by atoms with van der Waals surface area (Å²) >= 11 is 0. The van der Waals surface area contributed by atoms with Gasteiger partial charge in [-0.1, -0.05) is 0 Å². The van der Waals surface area contributed by atoms with Gasteiger partial charge in [0, 0.05) is 0 Å². The molecule has 0 saturated heterocycles. The molecule has 0 unspecified atom stereocenters. The summed E-state index contributed by atoms with van der Waals surface area (Å²) < 4.78 is 17.1. The zero-order valence-corrected chi connectivity index (χ0v) is 9.07. The molecule has 0 spiro atoms. The van der Waals surface area contributed by atoms with Crippen molar-refractivity contribution in [3.05, 3.63) is 0 Å². The number of hydrogen-bond acceptors (Lipinski definition) is 8. The van der Waals surface area contributed by atoms with Crippen LogP contribution in [0.15, 0.2) is 0 Å². The molecule has 12 heavy (non-hydrogen) atoms. The van der Waals surface area contributed by atoms with Crippen LogP contribution < -0.4 is 29.4 Å². The SMILES string of the molecule is O=P([O-])([O-])[O-].O=P([O-])([O-])[O-].[Mn+3].[Mn+3]. The second-order valence-electron chi connectivity index (χ2n) is 0.894. The molecule has 0 rings (SSSR count). The van der Waals surface area contributed by atoms with Crippen LogP contribution in [0, 0.1) is 0 Å². The van der Waals surface area contributed by atoms with E-state index in [9.17, 15) is 0 Å². The second-order valence-corrected chi connectivity index (χ2v) is 2.68. The van der Waals surface area contributed by atoms with Gasteiger partial charge in [0.2, 0.25) is 0 Å². The topological polar surface area (TPSA) is 172 Å². The number of phosphoric acid groups is 2. The van der Waals surface area contributed by atoms with Gasteiger partial charge in [-0.15, -0.1) is 0 Å². The molecule has 0 amide bonds. The first-order valence-corrected chi connectivity index (χ1v) is 4.38. The summed E-state index contributed by atoms with van der Waals surface area (Å²) in [6.07, 6.45) is 0. The van der Waals surface area contributed by atoms with Gasteiger partial charge >= 0.3 is 34.1 Å². The van der Waals surface area contributed by atoms with Crippen molar-refractivity contribution in [2.24, 2.45) is 0 Å². The molecule has 0 bridgehead atoms. The van der Waals surface area contributed by atoms with Gasteiger partial charge < -0.3 is 38.5 Å². The zero-order chi connectivity index (χ0) is 9.00. The van der Waals surface area contributed by atoms with Gasteiger partial charge in [0.05, 0.1) is 0 Å². The molecule has 8 nitrogen and oxygen atoms in total. The van der Waals surface area contributed by atoms with E-state index in [1.807, 2.05) is 0 Å². The molecule has 0 heterocycles. The summed E-state index contributed by atoms with van der Waals surface area (Å²) in [6, 6.07) is 0. The number of hydrogen-bond donors (Lipinski definition) is 0. The molecule has 0 aliphatic carbocycles. The van der Waals surface area contributed by atoms with E-state index in [2.05, 4.69) is 0 Å². The predicted octanol–water partition coefficient (Wildman–Crippen LogP) is -5.65. The van der Waals surface area contributed by atoms with Crippen LogP contribution in [0.25, 0.3) is 0 Å². The van der Waals surface area contributed by atoms with Crippen LogP contribution in [0.2, 0.25) is 0 Å². The van der Waals surface area contributed by atoms with Crippen LogP contribution >= 0.6 is 15.6 Å². The van der Waals surface area contributed by atoms with E-state index in [4.69, 9.17) is 38.5 Å². The molecule has 0 saturated carbocycles. The van der Waals surface area contributed by atoms with E-state index in [0.29, 0.717) is 0 Å². The van der Waals surface area contributed by atoms with Crippen LogP contribution in [0.4, 0.5) is 0 Å². The van der Waals surface area contributed by atoms with E-state index < -0.39 is 15.6 Å². The van der Waals surface area contributed by atoms with E-state index >= 15 is 0 Å². The largest absolute Gasteiger partial charge is 3.00 e. The van der Waals surface area contributed by atoms with Crippen molar-refractivity contribution < 1.29 is 72.6 Å². The van der Waals surface area contributed by atoms with E-state index in [0.717, 1.165) is 0 Å². The Balaban J connectivity index is -0.0000000457. The van der Waals surface area contributed by atoms with Crippen LogP contribution in [-0.2, 0) is 43.3 Å². The van der Waals surface area contributed by atoms with Gasteiger partial charge in [-0.3, -0.25) is 0 Å². The van der Waals surface area contributed by atoms with Crippen molar-refractivity contribution in [3.63, 3.8) is 0 Å². The average molecular weight is 300 g/mol. The predicted molar refractivity (Wildman–Crippen MR) is 15.2 cm³/mol. The maximum atomic E-state index is 8.55. The minimum absolute atomic E-state index is 0. The summed E-state index contributed by atoms with van der Waals surface area (Å²) in [4.78, 5) is 51.3. The maximum absolute atomic E-state index is 8.55. The Bertz CT molecular complexity index is 127. The Morgan fingerprint density at radius 2 is 0.583 bits per heavy atom. The Morgan fingerprint density at radius 1 is 0.583 bits per heavy atom. The molecule has 0 aromatic heterocycles. The van der Waals surface area contributed by atoms with Gasteiger partial charge in [-0.05, 0) is 0 Å². The van der Waals surface area contributed by atoms with Gasteiger partial charge in [-0.2, -0.15) is 15.6 Å². The van der Waals surface area contributed by atoms with Crippen LogP contribution in [-0.4, -0.2) is 0 Å². The van der Waals surface area contributed by atoms with Gasteiger partial charge in [0.15, 0.2) is 0 Å². The molecule has 0 aromatic rings. The van der Waals surface area contributed by atoms with Crippen LogP contribution in [0.3, 0.4) is 0 Å². The summed E-state index contributed by atoms with van der Waals surface area (Å²) in [5.74, 6) is 0. The number of rotatable bonds is 0. The summed E-state index contributed by atoms with van der Waals surface area (Å²) in [5, 5.41) is 0. The summed E-state index contributed by atoms with van der Waals surface area (Å²) in [7, 11) is -10.8. The monoisotopic (exact) mass is 300 g/mol. The molecule has 0 radical (unpaired) electrons. The van der Waals surface area contributed by atoms with E-state index in [1.54, 1.807) is 0 Å². The van der Waals surface area contributed by atoms with Crippen molar-refractivity contribution in [2.45, 2.75) is 0 Å². The average Bonchev–Trinajstić information content (AvgIpc) is 1.12. The Hall–Kier alpha value is 1.26. The Labute approximate surface area is 88.4 Å². The zero-order valence-electron chi connectivity index (χ0n) is 4.92. The van der Waals surface area contributed by atoms with Crippen molar-refractivity contribution in [3.8, 4) is 0 Å². The minimum atomic E-state index is -5.39. The fourth-order valence-corrected chi connectivity index (χ4v) is 0.